The van der Waals surface area contributed by atoms with Gasteiger partial charge in [-0.1, -0.05) is 24.3 Å². The fourth-order valence-electron chi connectivity index (χ4n) is 1.48. The number of halogens is 1. The average molecular weight is 226 g/mol. The summed E-state index contributed by atoms with van der Waals surface area (Å²) in [6.45, 7) is 2.26. The maximum absolute atomic E-state index is 10.6. The zero-order chi connectivity index (χ0) is 11.1. The van der Waals surface area contributed by atoms with Crippen molar-refractivity contribution in [2.24, 2.45) is 0 Å². The van der Waals surface area contributed by atoms with Crippen molar-refractivity contribution in [3.63, 3.8) is 0 Å². The molecular formula is C12H16ClNO. The van der Waals surface area contributed by atoms with Gasteiger partial charge in [-0.2, -0.15) is 0 Å². The second kappa shape index (κ2) is 6.46. The molecule has 0 saturated carbocycles. The van der Waals surface area contributed by atoms with Crippen molar-refractivity contribution in [1.82, 2.24) is 5.32 Å². The normalized spacial score (nSPS) is 10.0. The fourth-order valence-corrected chi connectivity index (χ4v) is 1.74. The first kappa shape index (κ1) is 12.1. The van der Waals surface area contributed by atoms with E-state index in [1.165, 1.54) is 18.1 Å². The highest BCUT2D eigenvalue weighted by molar-refractivity contribution is 6.17. The molecule has 0 bridgehead atoms. The number of rotatable bonds is 5. The summed E-state index contributed by atoms with van der Waals surface area (Å²) >= 11 is 5.83. The lowest BCUT2D eigenvalue weighted by molar-refractivity contribution is -0.118. The number of hydrogen-bond donors (Lipinski definition) is 1. The Balaban J connectivity index is 2.39. The smallest absolute Gasteiger partial charge is 0.216 e. The maximum atomic E-state index is 10.6. The van der Waals surface area contributed by atoms with E-state index in [9.17, 15) is 4.79 Å². The van der Waals surface area contributed by atoms with Gasteiger partial charge in [0.1, 0.15) is 0 Å². The predicted octanol–water partition coefficient (Wildman–Crippen LogP) is 2.49. The fraction of sp³-hybridized carbons (Fsp3) is 0.417. The summed E-state index contributed by atoms with van der Waals surface area (Å²) in [6.07, 6.45) is 1.91. The van der Waals surface area contributed by atoms with Crippen LogP contribution in [0.5, 0.6) is 0 Å². The van der Waals surface area contributed by atoms with Crippen molar-refractivity contribution in [2.75, 3.05) is 6.54 Å². The molecule has 0 aliphatic rings. The SMILES string of the molecule is CC(=O)NCCCc1ccccc1CCl. The monoisotopic (exact) mass is 225 g/mol. The third kappa shape index (κ3) is 4.34. The van der Waals surface area contributed by atoms with Crippen molar-refractivity contribution >= 4 is 17.5 Å². The van der Waals surface area contributed by atoms with Gasteiger partial charge in [0, 0.05) is 19.3 Å². The zero-order valence-electron chi connectivity index (χ0n) is 8.92. The molecule has 0 atom stereocenters. The van der Waals surface area contributed by atoms with Gasteiger partial charge < -0.3 is 5.32 Å². The molecule has 82 valence electrons. The molecule has 1 N–H and O–H groups in total. The lowest BCUT2D eigenvalue weighted by Gasteiger charge is -2.06. The van der Waals surface area contributed by atoms with E-state index in [0.717, 1.165) is 19.4 Å². The molecule has 0 radical (unpaired) electrons. The molecule has 0 fully saturated rings. The lowest BCUT2D eigenvalue weighted by Crippen LogP contribution is -2.21. The van der Waals surface area contributed by atoms with Crippen LogP contribution in [0, 0.1) is 0 Å². The number of nitrogens with one attached hydrogen (secondary N) is 1. The number of amides is 1. The van der Waals surface area contributed by atoms with Gasteiger partial charge in [0.05, 0.1) is 0 Å². The number of alkyl halides is 1. The molecule has 0 aliphatic heterocycles. The topological polar surface area (TPSA) is 29.1 Å². The van der Waals surface area contributed by atoms with Gasteiger partial charge in [0.15, 0.2) is 0 Å². The quantitative estimate of drug-likeness (QED) is 0.606. The van der Waals surface area contributed by atoms with Gasteiger partial charge in [-0.3, -0.25) is 4.79 Å². The van der Waals surface area contributed by atoms with Gasteiger partial charge in [-0.15, -0.1) is 11.6 Å². The molecule has 15 heavy (non-hydrogen) atoms. The van der Waals surface area contributed by atoms with Crippen molar-refractivity contribution in [3.05, 3.63) is 35.4 Å². The Morgan fingerprint density at radius 1 is 1.33 bits per heavy atom. The molecule has 1 amide bonds. The molecule has 0 aromatic heterocycles. The highest BCUT2D eigenvalue weighted by atomic mass is 35.5. The van der Waals surface area contributed by atoms with Crippen LogP contribution in [-0.4, -0.2) is 12.5 Å². The molecule has 0 aliphatic carbocycles. The number of hydrogen-bond acceptors (Lipinski definition) is 1. The summed E-state index contributed by atoms with van der Waals surface area (Å²) < 4.78 is 0. The molecule has 0 saturated heterocycles. The van der Waals surface area contributed by atoms with Gasteiger partial charge in [0.25, 0.3) is 0 Å². The van der Waals surface area contributed by atoms with Crippen LogP contribution in [0.15, 0.2) is 24.3 Å². The predicted molar refractivity (Wildman–Crippen MR) is 63.0 cm³/mol. The number of aryl methyl sites for hydroxylation is 1. The Morgan fingerprint density at radius 3 is 2.60 bits per heavy atom. The van der Waals surface area contributed by atoms with Crippen molar-refractivity contribution in [2.45, 2.75) is 25.6 Å². The van der Waals surface area contributed by atoms with Crippen LogP contribution in [0.25, 0.3) is 0 Å². The molecule has 0 heterocycles. The van der Waals surface area contributed by atoms with Crippen molar-refractivity contribution in [1.29, 1.82) is 0 Å². The molecule has 1 rings (SSSR count). The average Bonchev–Trinajstić information content (AvgIpc) is 2.24. The standard InChI is InChI=1S/C12H16ClNO/c1-10(15)14-8-4-7-11-5-2-3-6-12(11)9-13/h2-3,5-6H,4,7-9H2,1H3,(H,14,15). The van der Waals surface area contributed by atoms with Crippen LogP contribution in [0.3, 0.4) is 0 Å². The highest BCUT2D eigenvalue weighted by Crippen LogP contribution is 2.12. The first-order valence-corrected chi connectivity index (χ1v) is 5.64. The Kier molecular flexibility index (Phi) is 5.19. The van der Waals surface area contributed by atoms with E-state index in [4.69, 9.17) is 11.6 Å². The maximum Gasteiger partial charge on any atom is 0.216 e. The Bertz CT molecular complexity index is 325. The summed E-state index contributed by atoms with van der Waals surface area (Å²) in [5.74, 6) is 0.580. The van der Waals surface area contributed by atoms with Crippen LogP contribution in [-0.2, 0) is 17.1 Å². The van der Waals surface area contributed by atoms with E-state index >= 15 is 0 Å². The van der Waals surface area contributed by atoms with E-state index in [1.807, 2.05) is 18.2 Å². The summed E-state index contributed by atoms with van der Waals surface area (Å²) in [7, 11) is 0. The number of carbonyl (C=O) groups excluding carboxylic acids is 1. The minimum Gasteiger partial charge on any atom is -0.356 e. The van der Waals surface area contributed by atoms with Gasteiger partial charge in [0.2, 0.25) is 5.91 Å². The molecule has 1 aromatic rings. The van der Waals surface area contributed by atoms with Gasteiger partial charge >= 0.3 is 0 Å². The molecule has 0 unspecified atom stereocenters. The molecule has 1 aromatic carbocycles. The van der Waals surface area contributed by atoms with Crippen LogP contribution in [0.1, 0.15) is 24.5 Å². The van der Waals surface area contributed by atoms with Gasteiger partial charge in [-0.05, 0) is 24.0 Å². The largest absolute Gasteiger partial charge is 0.356 e. The lowest BCUT2D eigenvalue weighted by atomic mass is 10.0. The first-order chi connectivity index (χ1) is 7.24. The van der Waals surface area contributed by atoms with Crippen LogP contribution < -0.4 is 5.32 Å². The molecule has 0 spiro atoms. The van der Waals surface area contributed by atoms with E-state index in [1.54, 1.807) is 0 Å². The second-order valence-electron chi connectivity index (χ2n) is 3.49. The van der Waals surface area contributed by atoms with Crippen LogP contribution in [0.4, 0.5) is 0 Å². The molecular weight excluding hydrogens is 210 g/mol. The third-order valence-corrected chi connectivity index (χ3v) is 2.55. The zero-order valence-corrected chi connectivity index (χ0v) is 9.68. The first-order valence-electron chi connectivity index (χ1n) is 5.11. The summed E-state index contributed by atoms with van der Waals surface area (Å²) in [4.78, 5) is 10.6. The Hall–Kier alpha value is -1.02. The number of benzene rings is 1. The van der Waals surface area contributed by atoms with E-state index < -0.39 is 0 Å². The van der Waals surface area contributed by atoms with Gasteiger partial charge in [-0.25, -0.2) is 0 Å². The Labute approximate surface area is 95.6 Å². The van der Waals surface area contributed by atoms with E-state index in [-0.39, 0.29) is 5.91 Å². The van der Waals surface area contributed by atoms with Crippen molar-refractivity contribution < 1.29 is 4.79 Å². The van der Waals surface area contributed by atoms with Crippen LogP contribution >= 0.6 is 11.6 Å². The molecule has 2 nitrogen and oxygen atoms in total. The van der Waals surface area contributed by atoms with E-state index in [2.05, 4.69) is 11.4 Å². The summed E-state index contributed by atoms with van der Waals surface area (Å²) in [5.41, 5.74) is 2.46. The number of carbonyl (C=O) groups is 1. The van der Waals surface area contributed by atoms with Crippen LogP contribution in [0.2, 0.25) is 0 Å². The summed E-state index contributed by atoms with van der Waals surface area (Å²) in [5, 5.41) is 2.78. The minimum absolute atomic E-state index is 0.0284. The highest BCUT2D eigenvalue weighted by Gasteiger charge is 2.00. The summed E-state index contributed by atoms with van der Waals surface area (Å²) in [6, 6.07) is 8.14. The van der Waals surface area contributed by atoms with Crippen molar-refractivity contribution in [3.8, 4) is 0 Å². The second-order valence-corrected chi connectivity index (χ2v) is 3.76. The van der Waals surface area contributed by atoms with E-state index in [0.29, 0.717) is 5.88 Å². The molecule has 3 heteroatoms. The minimum atomic E-state index is 0.0284. The third-order valence-electron chi connectivity index (χ3n) is 2.26. The Morgan fingerprint density at radius 2 is 2.00 bits per heavy atom.